The monoisotopic (exact) mass is 248 g/mol. The van der Waals surface area contributed by atoms with Crippen LogP contribution in [0.25, 0.3) is 0 Å². The van der Waals surface area contributed by atoms with Crippen molar-refractivity contribution >= 4 is 11.6 Å². The van der Waals surface area contributed by atoms with Crippen LogP contribution in [-0.4, -0.2) is 4.98 Å². The van der Waals surface area contributed by atoms with Crippen LogP contribution in [0.3, 0.4) is 0 Å². The molecule has 0 saturated carbocycles. The van der Waals surface area contributed by atoms with Crippen molar-refractivity contribution in [2.75, 3.05) is 0 Å². The second kappa shape index (κ2) is 5.66. The van der Waals surface area contributed by atoms with Gasteiger partial charge in [-0.1, -0.05) is 17.7 Å². The van der Waals surface area contributed by atoms with Crippen LogP contribution in [0.15, 0.2) is 42.6 Å². The summed E-state index contributed by atoms with van der Waals surface area (Å²) in [4.78, 5) is 4.25. The lowest BCUT2D eigenvalue weighted by atomic mass is 10.2. The van der Waals surface area contributed by atoms with Gasteiger partial charge in [0.1, 0.15) is 12.4 Å². The van der Waals surface area contributed by atoms with E-state index in [1.807, 2.05) is 24.3 Å². The average Bonchev–Trinajstić information content (AvgIpc) is 2.39. The van der Waals surface area contributed by atoms with Crippen LogP contribution in [-0.2, 0) is 13.2 Å². The Hall–Kier alpha value is -1.58. The molecule has 2 N–H and O–H groups in total. The lowest BCUT2D eigenvalue weighted by molar-refractivity contribution is 0.301. The fraction of sp³-hybridized carbons (Fsp3) is 0.154. The molecule has 0 aliphatic rings. The first-order valence-corrected chi connectivity index (χ1v) is 5.68. The van der Waals surface area contributed by atoms with Gasteiger partial charge in [-0.05, 0) is 35.9 Å². The van der Waals surface area contributed by atoms with Crippen LogP contribution in [0.1, 0.15) is 11.3 Å². The van der Waals surface area contributed by atoms with E-state index in [9.17, 15) is 0 Å². The fourth-order valence-corrected chi connectivity index (χ4v) is 1.48. The Balaban J connectivity index is 1.95. The molecule has 17 heavy (non-hydrogen) atoms. The number of pyridine rings is 1. The molecule has 2 rings (SSSR count). The number of aromatic nitrogens is 1. The van der Waals surface area contributed by atoms with Gasteiger partial charge in [0.05, 0.1) is 5.69 Å². The molecule has 0 bridgehead atoms. The van der Waals surface area contributed by atoms with E-state index in [0.717, 1.165) is 17.0 Å². The predicted molar refractivity (Wildman–Crippen MR) is 67.9 cm³/mol. The zero-order valence-corrected chi connectivity index (χ0v) is 10.0. The van der Waals surface area contributed by atoms with E-state index in [-0.39, 0.29) is 0 Å². The number of nitrogens with two attached hydrogens (primary N) is 1. The van der Waals surface area contributed by atoms with Crippen molar-refractivity contribution in [3.05, 3.63) is 58.9 Å². The summed E-state index contributed by atoms with van der Waals surface area (Å²) < 4.78 is 5.57. The number of rotatable bonds is 4. The summed E-state index contributed by atoms with van der Waals surface area (Å²) in [6, 6.07) is 11.1. The third-order valence-electron chi connectivity index (χ3n) is 2.32. The minimum absolute atomic E-state index is 0.437. The summed E-state index contributed by atoms with van der Waals surface area (Å²) in [6.07, 6.45) is 1.76. The molecule has 0 aliphatic carbocycles. The summed E-state index contributed by atoms with van der Waals surface area (Å²) in [7, 11) is 0. The molecule has 1 heterocycles. The highest BCUT2D eigenvalue weighted by molar-refractivity contribution is 6.30. The van der Waals surface area contributed by atoms with Crippen LogP contribution in [0.2, 0.25) is 5.02 Å². The quantitative estimate of drug-likeness (QED) is 0.905. The normalized spacial score (nSPS) is 10.2. The highest BCUT2D eigenvalue weighted by atomic mass is 35.5. The van der Waals surface area contributed by atoms with E-state index >= 15 is 0 Å². The summed E-state index contributed by atoms with van der Waals surface area (Å²) in [5.41, 5.74) is 7.38. The van der Waals surface area contributed by atoms with Gasteiger partial charge in [0.15, 0.2) is 0 Å². The minimum atomic E-state index is 0.437. The molecule has 0 aliphatic heterocycles. The molecule has 0 radical (unpaired) electrons. The number of hydrogen-bond acceptors (Lipinski definition) is 3. The standard InChI is InChI=1S/C13H13ClN2O/c14-11-2-5-13(6-3-11)17-9-12-4-1-10(7-15)8-16-12/h1-6,8H,7,9,15H2. The third kappa shape index (κ3) is 3.44. The van der Waals surface area contributed by atoms with Crippen LogP contribution in [0.5, 0.6) is 5.75 Å². The van der Waals surface area contributed by atoms with Crippen LogP contribution < -0.4 is 10.5 Å². The SMILES string of the molecule is NCc1ccc(COc2ccc(Cl)cc2)nc1. The highest BCUT2D eigenvalue weighted by Crippen LogP contribution is 2.16. The molecule has 0 fully saturated rings. The van der Waals surface area contributed by atoms with Gasteiger partial charge in [0.2, 0.25) is 0 Å². The average molecular weight is 249 g/mol. The summed E-state index contributed by atoms with van der Waals surface area (Å²) in [6.45, 7) is 0.942. The molecule has 0 atom stereocenters. The number of ether oxygens (including phenoxy) is 1. The van der Waals surface area contributed by atoms with Crippen molar-refractivity contribution in [3.8, 4) is 5.75 Å². The summed E-state index contributed by atoms with van der Waals surface area (Å²) in [5, 5.41) is 0.697. The van der Waals surface area contributed by atoms with Gasteiger partial charge in [0.25, 0.3) is 0 Å². The molecular weight excluding hydrogens is 236 g/mol. The zero-order chi connectivity index (χ0) is 12.1. The van der Waals surface area contributed by atoms with Crippen molar-refractivity contribution in [1.29, 1.82) is 0 Å². The molecule has 1 aromatic carbocycles. The maximum Gasteiger partial charge on any atom is 0.130 e. The van der Waals surface area contributed by atoms with Crippen molar-refractivity contribution in [3.63, 3.8) is 0 Å². The Labute approximate surface area is 105 Å². The Kier molecular flexibility index (Phi) is 3.96. The molecule has 0 amide bonds. The van der Waals surface area contributed by atoms with Crippen molar-refractivity contribution in [2.45, 2.75) is 13.2 Å². The molecule has 3 nitrogen and oxygen atoms in total. The van der Waals surface area contributed by atoms with Gasteiger partial charge in [-0.3, -0.25) is 4.98 Å². The number of halogens is 1. The molecule has 0 spiro atoms. The number of benzene rings is 1. The molecule has 1 aromatic heterocycles. The Morgan fingerprint density at radius 3 is 2.47 bits per heavy atom. The highest BCUT2D eigenvalue weighted by Gasteiger charge is 1.98. The fourth-order valence-electron chi connectivity index (χ4n) is 1.35. The Morgan fingerprint density at radius 2 is 1.88 bits per heavy atom. The summed E-state index contributed by atoms with van der Waals surface area (Å²) in [5.74, 6) is 0.777. The number of hydrogen-bond donors (Lipinski definition) is 1. The molecule has 2 aromatic rings. The molecular formula is C13H13ClN2O. The first-order valence-electron chi connectivity index (χ1n) is 5.30. The predicted octanol–water partition coefficient (Wildman–Crippen LogP) is 2.77. The van der Waals surface area contributed by atoms with E-state index in [2.05, 4.69) is 4.98 Å². The van der Waals surface area contributed by atoms with Crippen molar-refractivity contribution in [2.24, 2.45) is 5.73 Å². The first kappa shape index (κ1) is 11.9. The Bertz CT molecular complexity index is 468. The smallest absolute Gasteiger partial charge is 0.130 e. The van der Waals surface area contributed by atoms with E-state index < -0.39 is 0 Å². The van der Waals surface area contributed by atoms with E-state index in [1.165, 1.54) is 0 Å². The van der Waals surface area contributed by atoms with E-state index in [4.69, 9.17) is 22.1 Å². The zero-order valence-electron chi connectivity index (χ0n) is 9.27. The lowest BCUT2D eigenvalue weighted by Gasteiger charge is -2.06. The largest absolute Gasteiger partial charge is 0.487 e. The van der Waals surface area contributed by atoms with Crippen LogP contribution >= 0.6 is 11.6 Å². The first-order chi connectivity index (χ1) is 8.28. The maximum atomic E-state index is 5.78. The van der Waals surface area contributed by atoms with Crippen LogP contribution in [0, 0.1) is 0 Å². The maximum absolute atomic E-state index is 5.78. The van der Waals surface area contributed by atoms with Gasteiger partial charge in [-0.15, -0.1) is 0 Å². The molecule has 88 valence electrons. The van der Waals surface area contributed by atoms with Gasteiger partial charge in [-0.2, -0.15) is 0 Å². The molecule has 4 heteroatoms. The number of nitrogens with zero attached hydrogens (tertiary/aromatic N) is 1. The van der Waals surface area contributed by atoms with E-state index in [1.54, 1.807) is 18.3 Å². The second-order valence-electron chi connectivity index (χ2n) is 3.60. The van der Waals surface area contributed by atoms with Gasteiger partial charge >= 0.3 is 0 Å². The topological polar surface area (TPSA) is 48.1 Å². The van der Waals surface area contributed by atoms with Gasteiger partial charge in [-0.25, -0.2) is 0 Å². The van der Waals surface area contributed by atoms with E-state index in [0.29, 0.717) is 18.2 Å². The lowest BCUT2D eigenvalue weighted by Crippen LogP contribution is -2.01. The third-order valence-corrected chi connectivity index (χ3v) is 2.57. The minimum Gasteiger partial charge on any atom is -0.487 e. The molecule has 0 unspecified atom stereocenters. The van der Waals surface area contributed by atoms with Gasteiger partial charge in [0, 0.05) is 17.8 Å². The van der Waals surface area contributed by atoms with Crippen molar-refractivity contribution in [1.82, 2.24) is 4.98 Å². The Morgan fingerprint density at radius 1 is 1.12 bits per heavy atom. The summed E-state index contributed by atoms with van der Waals surface area (Å²) >= 11 is 5.78. The van der Waals surface area contributed by atoms with Crippen molar-refractivity contribution < 1.29 is 4.74 Å². The second-order valence-corrected chi connectivity index (χ2v) is 4.04. The van der Waals surface area contributed by atoms with Crippen LogP contribution in [0.4, 0.5) is 0 Å². The molecule has 0 saturated heterocycles. The van der Waals surface area contributed by atoms with Gasteiger partial charge < -0.3 is 10.5 Å².